The molecule has 0 saturated carbocycles. The minimum absolute atomic E-state index is 0.819. The van der Waals surface area contributed by atoms with Crippen LogP contribution in [0.5, 0.6) is 0 Å². The molecule has 9 nitrogen and oxygen atoms in total. The summed E-state index contributed by atoms with van der Waals surface area (Å²) in [7, 11) is 0. The summed E-state index contributed by atoms with van der Waals surface area (Å²) in [5, 5.41) is 11.8. The van der Waals surface area contributed by atoms with Crippen LogP contribution in [0.3, 0.4) is 0 Å². The zero-order valence-electron chi connectivity index (χ0n) is 76.4. The third-order valence-electron chi connectivity index (χ3n) is 26.8. The van der Waals surface area contributed by atoms with Crippen LogP contribution in [0.2, 0.25) is 0 Å². The van der Waals surface area contributed by atoms with E-state index in [1.165, 1.54) is 58.1 Å². The lowest BCUT2D eigenvalue weighted by Crippen LogP contribution is -2.10. The topological polar surface area (TPSA) is 42.4 Å². The first-order chi connectivity index (χ1) is 69.4. The van der Waals surface area contributed by atoms with Crippen LogP contribution in [0.4, 0.5) is 102 Å². The highest BCUT2D eigenvalue weighted by Crippen LogP contribution is 2.51. The monoisotopic (exact) mass is 1810 g/mol. The Morgan fingerprint density at radius 1 is 0.150 bits per heavy atom. The molecule has 0 saturated heterocycles. The summed E-state index contributed by atoms with van der Waals surface area (Å²) in [4.78, 5) is 14.1. The summed E-state index contributed by atoms with van der Waals surface area (Å²) in [6.07, 6.45) is 0. The Hall–Kier alpha value is -18.5. The van der Waals surface area contributed by atoms with Gasteiger partial charge in [0.1, 0.15) is 11.2 Å². The average molecular weight is 1810 g/mol. The van der Waals surface area contributed by atoms with Gasteiger partial charge in [-0.2, -0.15) is 0 Å². The van der Waals surface area contributed by atoms with Gasteiger partial charge in [-0.15, -0.1) is 11.3 Å². The van der Waals surface area contributed by atoms with E-state index < -0.39 is 0 Å². The van der Waals surface area contributed by atoms with E-state index >= 15 is 0 Å². The fraction of sp³-hybridized carbons (Fsp3) is 0. The molecule has 26 rings (SSSR count). The van der Waals surface area contributed by atoms with Crippen LogP contribution in [0, 0.1) is 0 Å². The average Bonchev–Trinajstić information content (AvgIpc) is 1.58. The van der Waals surface area contributed by atoms with Crippen LogP contribution < -0.4 is 29.4 Å². The first-order valence-electron chi connectivity index (χ1n) is 47.5. The normalized spacial score (nSPS) is 11.4. The SMILES string of the molecule is c1ccc(-c2cccc(N(c3ccccc3)c3ccc4c(c3)oc3cc(N(c5ccccc5)c5ccc6c7ccc(N(c8ccccc8)c8ccc9ccccc9c8)cc7n(-c7ccccc7)c6c5)ccc34)c2)cc1.c1ccc(N(c2ccccc2)c2ccc3c(c2)sc2cc(N(c4ccccc4)c4ccc5c6ccc(N(c7ccccc7)c7ccccc7)cc6n(-c6ccccc6)c5c4)ccc23)cc1. The molecule has 0 unspecified atom stereocenters. The van der Waals surface area contributed by atoms with Crippen molar-refractivity contribution in [2.45, 2.75) is 0 Å². The summed E-state index contributed by atoms with van der Waals surface area (Å²) >= 11 is 1.85. The zero-order valence-corrected chi connectivity index (χ0v) is 77.2. The molecule has 0 fully saturated rings. The fourth-order valence-electron chi connectivity index (χ4n) is 20.4. The minimum atomic E-state index is 0.819. The Bertz CT molecular complexity index is 8920. The van der Waals surface area contributed by atoms with Crippen LogP contribution >= 0.6 is 11.3 Å². The van der Waals surface area contributed by atoms with Gasteiger partial charge in [-0.3, -0.25) is 0 Å². The smallest absolute Gasteiger partial charge is 0.137 e. The molecule has 0 aliphatic rings. The molecule has 0 radical (unpaired) electrons. The van der Waals surface area contributed by atoms with Gasteiger partial charge < -0.3 is 43.0 Å². The molecule has 0 N–H and O–H groups in total. The highest BCUT2D eigenvalue weighted by molar-refractivity contribution is 7.25. The Morgan fingerprint density at radius 3 is 0.707 bits per heavy atom. The third-order valence-corrected chi connectivity index (χ3v) is 27.9. The van der Waals surface area contributed by atoms with Crippen LogP contribution in [-0.2, 0) is 0 Å². The molecule has 4 heterocycles. The predicted molar refractivity (Wildman–Crippen MR) is 593 cm³/mol. The third kappa shape index (κ3) is 15.7. The van der Waals surface area contributed by atoms with Crippen LogP contribution in [0.1, 0.15) is 0 Å². The maximum atomic E-state index is 6.91. The highest BCUT2D eigenvalue weighted by atomic mass is 32.1. The molecule has 140 heavy (non-hydrogen) atoms. The van der Waals surface area contributed by atoms with E-state index in [4.69, 9.17) is 4.42 Å². The largest absolute Gasteiger partial charge is 0.456 e. The number of furan rings is 1. The second-order valence-corrected chi connectivity index (χ2v) is 36.3. The number of hydrogen-bond acceptors (Lipinski definition) is 8. The van der Waals surface area contributed by atoms with E-state index in [1.807, 2.05) is 11.3 Å². The Balaban J connectivity index is 0.000000149. The van der Waals surface area contributed by atoms with Crippen molar-refractivity contribution in [3.05, 3.63) is 546 Å². The van der Waals surface area contributed by atoms with Gasteiger partial charge in [0.2, 0.25) is 0 Å². The Labute approximate surface area is 815 Å². The number of fused-ring (bicyclic) bond motifs is 13. The summed E-state index contributed by atoms with van der Waals surface area (Å²) < 4.78 is 14.3. The van der Waals surface area contributed by atoms with Gasteiger partial charge in [0.25, 0.3) is 0 Å². The van der Waals surface area contributed by atoms with E-state index in [1.54, 1.807) is 0 Å². The first kappa shape index (κ1) is 83.4. The van der Waals surface area contributed by atoms with Crippen molar-refractivity contribution in [1.82, 2.24) is 9.13 Å². The van der Waals surface area contributed by atoms with Gasteiger partial charge >= 0.3 is 0 Å². The van der Waals surface area contributed by atoms with Gasteiger partial charge in [0.15, 0.2) is 0 Å². The van der Waals surface area contributed by atoms with Gasteiger partial charge in [-0.05, 0) is 265 Å². The number of nitrogens with zero attached hydrogens (tertiary/aromatic N) is 8. The van der Waals surface area contributed by atoms with E-state index in [0.29, 0.717) is 0 Å². The van der Waals surface area contributed by atoms with Crippen LogP contribution in [0.25, 0.3) is 119 Å². The maximum Gasteiger partial charge on any atom is 0.137 e. The number of para-hydroxylation sites is 10. The number of anilines is 18. The lowest BCUT2D eigenvalue weighted by Gasteiger charge is -2.26. The van der Waals surface area contributed by atoms with Crippen molar-refractivity contribution in [3.8, 4) is 22.5 Å². The summed E-state index contributed by atoms with van der Waals surface area (Å²) in [6, 6.07) is 196. The summed E-state index contributed by atoms with van der Waals surface area (Å²) in [6.45, 7) is 0. The molecule has 0 atom stereocenters. The van der Waals surface area contributed by atoms with Crippen molar-refractivity contribution < 1.29 is 4.42 Å². The Morgan fingerprint density at radius 2 is 0.379 bits per heavy atom. The van der Waals surface area contributed by atoms with Gasteiger partial charge in [0.05, 0.1) is 22.1 Å². The van der Waals surface area contributed by atoms with E-state index in [-0.39, 0.29) is 0 Å². The van der Waals surface area contributed by atoms with Crippen LogP contribution in [-0.4, -0.2) is 9.13 Å². The molecule has 0 amide bonds. The Kier molecular flexibility index (Phi) is 21.7. The van der Waals surface area contributed by atoms with Gasteiger partial charge in [-0.1, -0.05) is 291 Å². The summed E-state index contributed by atoms with van der Waals surface area (Å²) in [5.41, 5.74) is 30.2. The molecule has 0 aliphatic heterocycles. The van der Waals surface area contributed by atoms with E-state index in [9.17, 15) is 0 Å². The molecular weight excluding hydrogens is 1720 g/mol. The van der Waals surface area contributed by atoms with Crippen molar-refractivity contribution in [1.29, 1.82) is 0 Å². The first-order valence-corrected chi connectivity index (χ1v) is 48.3. The molecule has 4 aromatic heterocycles. The molecule has 26 aromatic rings. The van der Waals surface area contributed by atoms with Gasteiger partial charge in [-0.25, -0.2) is 0 Å². The molecule has 10 heteroatoms. The number of aromatic nitrogens is 2. The number of benzene rings is 22. The predicted octanol–water partition coefficient (Wildman–Crippen LogP) is 37.5. The molecule has 0 bridgehead atoms. The van der Waals surface area contributed by atoms with Gasteiger partial charge in [0, 0.05) is 178 Å². The van der Waals surface area contributed by atoms with Crippen LogP contribution in [0.15, 0.2) is 550 Å². The van der Waals surface area contributed by atoms with E-state index in [0.717, 1.165) is 163 Å². The van der Waals surface area contributed by atoms with Crippen molar-refractivity contribution in [2.24, 2.45) is 0 Å². The van der Waals surface area contributed by atoms with E-state index in [2.05, 4.69) is 585 Å². The molecule has 662 valence electrons. The summed E-state index contributed by atoms with van der Waals surface area (Å²) in [5.74, 6) is 0. The molecule has 0 aliphatic carbocycles. The lowest BCUT2D eigenvalue weighted by molar-refractivity contribution is 0.669. The maximum absolute atomic E-state index is 6.91. The molecule has 22 aromatic carbocycles. The quantitative estimate of drug-likeness (QED) is 0.0710. The highest BCUT2D eigenvalue weighted by Gasteiger charge is 2.27. The van der Waals surface area contributed by atoms with Crippen molar-refractivity contribution in [3.63, 3.8) is 0 Å². The fourth-order valence-corrected chi connectivity index (χ4v) is 21.6. The standard InChI is InChI=1S/C70H48N4O.C60H42N4S/c1-6-19-49(20-7-1)52-23-18-32-57(43-52)71(53-24-8-2-9-25-53)61-37-41-65-66-42-38-62(48-70(66)75-69(65)47-61)73(55-28-12-4-13-29-55)60-36-40-64-63-39-35-59(45-67(63)74(68(64)46-60)56-30-14-5-15-31-56)72(54-26-10-3-11-27-54)58-34-33-50-21-16-17-22-51(50)44-58;1-7-19-43(20-8-1)61(44-21-9-2-10-22-44)49-31-35-53-54-36-32-50(40-58(54)64(57(53)39-49)48-29-17-6-18-30-48)63(47-27-15-5-16-28-47)52-34-38-56-55-37-33-51(41-59(55)65-60(56)42-52)62(45-23-11-3-12-24-45)46-25-13-4-14-26-46/h1-48H;1-42H. The zero-order chi connectivity index (χ0) is 92.8. The second-order valence-electron chi connectivity index (χ2n) is 35.2. The minimum Gasteiger partial charge on any atom is -0.456 e. The number of thiophene rings is 1. The number of hydrogen-bond donors (Lipinski definition) is 0. The van der Waals surface area contributed by atoms with Crippen molar-refractivity contribution in [2.75, 3.05) is 29.4 Å². The number of rotatable bonds is 21. The second kappa shape index (κ2) is 36.4. The molecule has 0 spiro atoms. The van der Waals surface area contributed by atoms with Crippen molar-refractivity contribution >= 4 is 210 Å². The molecular formula is C130H90N8OS. The lowest BCUT2D eigenvalue weighted by atomic mass is 10.0.